The van der Waals surface area contributed by atoms with Gasteiger partial charge in [-0.2, -0.15) is 0 Å². The molecule has 5 nitrogen and oxygen atoms in total. The molecular weight excluding hydrogens is 507 g/mol. The molecule has 37 heavy (non-hydrogen) atoms. The van der Waals surface area contributed by atoms with Crippen molar-refractivity contribution in [3.63, 3.8) is 0 Å². The smallest absolute Gasteiger partial charge is 0.336 e. The largest absolute Gasteiger partial charge is 0.466 e. The number of nitrogens with one attached hydrogen (secondary N) is 1. The minimum absolute atomic E-state index is 0.0884. The van der Waals surface area contributed by atoms with Crippen LogP contribution in [0.25, 0.3) is 16.6 Å². The molecule has 0 unspecified atom stereocenters. The number of benzene rings is 3. The van der Waals surface area contributed by atoms with Crippen molar-refractivity contribution in [3.05, 3.63) is 122 Å². The molecule has 2 aliphatic rings. The van der Waals surface area contributed by atoms with E-state index in [4.69, 9.17) is 27.9 Å². The Morgan fingerprint density at radius 3 is 2.51 bits per heavy atom. The molecule has 1 atom stereocenters. The van der Waals surface area contributed by atoms with Gasteiger partial charge < -0.3 is 14.6 Å². The number of carbonyl (C=O) groups excluding carboxylic acids is 2. The zero-order chi connectivity index (χ0) is 25.8. The van der Waals surface area contributed by atoms with E-state index in [1.54, 1.807) is 6.07 Å². The van der Waals surface area contributed by atoms with Crippen molar-refractivity contribution < 1.29 is 14.3 Å². The van der Waals surface area contributed by atoms with Crippen LogP contribution in [-0.4, -0.2) is 23.4 Å². The molecule has 0 bridgehead atoms. The number of hydrogen-bond acceptors (Lipinski definition) is 4. The highest BCUT2D eigenvalue weighted by Gasteiger charge is 2.43. The Morgan fingerprint density at radius 1 is 1.03 bits per heavy atom. The van der Waals surface area contributed by atoms with E-state index in [2.05, 4.69) is 9.88 Å². The summed E-state index contributed by atoms with van der Waals surface area (Å²) in [6, 6.07) is 20.9. The number of ketones is 1. The SMILES string of the molecule is COC(=O)C1=C(C)NC2=C(C(=O)c3ccccc32)[C@H]1c1cn(Cc2ccc(Cl)cc2Cl)c2ccccc12. The third kappa shape index (κ3) is 3.69. The normalized spacial score (nSPS) is 16.6. The average Bonchev–Trinajstić information content (AvgIpc) is 3.40. The first-order chi connectivity index (χ1) is 17.9. The fourth-order valence-electron chi connectivity index (χ4n) is 5.49. The molecule has 0 saturated carbocycles. The molecule has 184 valence electrons. The third-order valence-corrected chi connectivity index (χ3v) is 7.73. The predicted octanol–water partition coefficient (Wildman–Crippen LogP) is 6.74. The Morgan fingerprint density at radius 2 is 1.76 bits per heavy atom. The molecule has 2 heterocycles. The first-order valence-corrected chi connectivity index (χ1v) is 12.6. The molecule has 1 aliphatic carbocycles. The summed E-state index contributed by atoms with van der Waals surface area (Å²) in [5.74, 6) is -1.16. The predicted molar refractivity (Wildman–Crippen MR) is 146 cm³/mol. The fraction of sp³-hybridized carbons (Fsp3) is 0.133. The maximum absolute atomic E-state index is 13.8. The van der Waals surface area contributed by atoms with Crippen LogP contribution in [0, 0.1) is 0 Å². The van der Waals surface area contributed by atoms with Crippen molar-refractivity contribution >= 4 is 51.6 Å². The van der Waals surface area contributed by atoms with Crippen LogP contribution in [0.5, 0.6) is 0 Å². The van der Waals surface area contributed by atoms with Gasteiger partial charge in [0.2, 0.25) is 0 Å². The number of fused-ring (bicyclic) bond motifs is 3. The van der Waals surface area contributed by atoms with Crippen molar-refractivity contribution in [2.24, 2.45) is 0 Å². The number of hydrogen-bond donors (Lipinski definition) is 1. The first-order valence-electron chi connectivity index (χ1n) is 11.8. The van der Waals surface area contributed by atoms with Crippen molar-refractivity contribution in [2.45, 2.75) is 19.4 Å². The van der Waals surface area contributed by atoms with Crippen LogP contribution >= 0.6 is 23.2 Å². The van der Waals surface area contributed by atoms with Gasteiger partial charge in [0.1, 0.15) is 0 Å². The molecule has 0 radical (unpaired) electrons. The lowest BCUT2D eigenvalue weighted by atomic mass is 9.79. The summed E-state index contributed by atoms with van der Waals surface area (Å²) >= 11 is 12.6. The highest BCUT2D eigenvalue weighted by molar-refractivity contribution is 6.35. The molecule has 4 aromatic rings. The highest BCUT2D eigenvalue weighted by atomic mass is 35.5. The first kappa shape index (κ1) is 23.6. The molecule has 0 saturated heterocycles. The van der Waals surface area contributed by atoms with Crippen LogP contribution in [0.15, 0.2) is 89.8 Å². The molecule has 7 heteroatoms. The van der Waals surface area contributed by atoms with Gasteiger partial charge in [0.15, 0.2) is 5.78 Å². The Balaban J connectivity index is 1.58. The van der Waals surface area contributed by atoms with Gasteiger partial charge in [-0.05, 0) is 36.2 Å². The van der Waals surface area contributed by atoms with E-state index in [-0.39, 0.29) is 5.78 Å². The minimum Gasteiger partial charge on any atom is -0.466 e. The van der Waals surface area contributed by atoms with Crippen molar-refractivity contribution in [2.75, 3.05) is 7.11 Å². The number of carbonyl (C=O) groups is 2. The number of esters is 1. The monoisotopic (exact) mass is 528 g/mol. The second kappa shape index (κ2) is 8.94. The summed E-state index contributed by atoms with van der Waals surface area (Å²) < 4.78 is 7.30. The number of para-hydroxylation sites is 1. The third-order valence-electron chi connectivity index (χ3n) is 7.14. The standard InChI is InChI=1S/C30H22Cl2N2O3/c1-16-25(30(36)37-2)26(27-28(33-16)20-8-3-4-9-21(20)29(27)35)22-15-34(24-10-6-5-7-19(22)24)14-17-11-12-18(31)13-23(17)32/h3-13,15,26,33H,14H2,1-2H3/t26-/m0/s1. The van der Waals surface area contributed by atoms with Crippen LogP contribution in [0.2, 0.25) is 10.0 Å². The zero-order valence-corrected chi connectivity index (χ0v) is 21.7. The van der Waals surface area contributed by atoms with Crippen LogP contribution in [0.3, 0.4) is 0 Å². The number of nitrogens with zero attached hydrogens (tertiary/aromatic N) is 1. The molecule has 0 spiro atoms. The van der Waals surface area contributed by atoms with E-state index in [1.165, 1.54) is 7.11 Å². The number of allylic oxidation sites excluding steroid dienone is 2. The van der Waals surface area contributed by atoms with Crippen LogP contribution < -0.4 is 5.32 Å². The Bertz CT molecular complexity index is 1700. The van der Waals surface area contributed by atoms with E-state index in [0.717, 1.165) is 33.3 Å². The maximum atomic E-state index is 13.8. The quantitative estimate of drug-likeness (QED) is 0.298. The number of ether oxygens (including phenoxy) is 1. The van der Waals surface area contributed by atoms with E-state index >= 15 is 0 Å². The molecule has 1 N–H and O–H groups in total. The zero-order valence-electron chi connectivity index (χ0n) is 20.1. The number of aromatic nitrogens is 1. The van der Waals surface area contributed by atoms with Crippen molar-refractivity contribution in [1.29, 1.82) is 0 Å². The van der Waals surface area contributed by atoms with Gasteiger partial charge >= 0.3 is 5.97 Å². The summed E-state index contributed by atoms with van der Waals surface area (Å²) in [5, 5.41) is 5.43. The lowest BCUT2D eigenvalue weighted by Gasteiger charge is -2.28. The van der Waals surface area contributed by atoms with Gasteiger partial charge in [0.05, 0.1) is 24.3 Å². The number of rotatable bonds is 4. The second-order valence-corrected chi connectivity index (χ2v) is 10.1. The summed E-state index contributed by atoms with van der Waals surface area (Å²) in [7, 11) is 1.36. The minimum atomic E-state index is -0.601. The molecule has 6 rings (SSSR count). The van der Waals surface area contributed by atoms with E-state index in [9.17, 15) is 9.59 Å². The van der Waals surface area contributed by atoms with Gasteiger partial charge in [0, 0.05) is 56.1 Å². The Hall–Kier alpha value is -3.80. The van der Waals surface area contributed by atoms with Crippen molar-refractivity contribution in [1.82, 2.24) is 9.88 Å². The van der Waals surface area contributed by atoms with E-state index in [0.29, 0.717) is 39.0 Å². The summed E-state index contributed by atoms with van der Waals surface area (Å²) in [5.41, 5.74) is 6.59. The second-order valence-electron chi connectivity index (χ2n) is 9.22. The maximum Gasteiger partial charge on any atom is 0.336 e. The molecule has 1 aromatic heterocycles. The van der Waals surface area contributed by atoms with Gasteiger partial charge in [0.25, 0.3) is 0 Å². The van der Waals surface area contributed by atoms with Gasteiger partial charge in [-0.25, -0.2) is 4.79 Å². The summed E-state index contributed by atoms with van der Waals surface area (Å²) in [4.78, 5) is 26.9. The van der Waals surface area contributed by atoms with E-state index < -0.39 is 11.9 Å². The molecule has 3 aromatic carbocycles. The summed E-state index contributed by atoms with van der Waals surface area (Å²) in [6.07, 6.45) is 2.02. The lowest BCUT2D eigenvalue weighted by Crippen LogP contribution is -2.29. The Labute approximate surface area is 223 Å². The number of halogens is 2. The number of methoxy groups -OCH3 is 1. The van der Waals surface area contributed by atoms with Crippen molar-refractivity contribution in [3.8, 4) is 0 Å². The molecule has 0 amide bonds. The fourth-order valence-corrected chi connectivity index (χ4v) is 5.96. The average molecular weight is 529 g/mol. The molecule has 0 fully saturated rings. The van der Waals surface area contributed by atoms with Gasteiger partial charge in [-0.15, -0.1) is 0 Å². The van der Waals surface area contributed by atoms with Crippen LogP contribution in [0.1, 0.15) is 39.9 Å². The van der Waals surface area contributed by atoms with Crippen LogP contribution in [-0.2, 0) is 16.1 Å². The van der Waals surface area contributed by atoms with Crippen LogP contribution in [0.4, 0.5) is 0 Å². The van der Waals surface area contributed by atoms with Gasteiger partial charge in [-0.1, -0.05) is 71.7 Å². The highest BCUT2D eigenvalue weighted by Crippen LogP contribution is 2.48. The summed E-state index contributed by atoms with van der Waals surface area (Å²) in [6.45, 7) is 2.35. The molecular formula is C30H22Cl2N2O3. The Kier molecular flexibility index (Phi) is 5.70. The topological polar surface area (TPSA) is 60.3 Å². The van der Waals surface area contributed by atoms with E-state index in [1.807, 2.05) is 73.8 Å². The molecule has 1 aliphatic heterocycles. The number of dihydropyridines is 1. The van der Waals surface area contributed by atoms with Gasteiger partial charge in [-0.3, -0.25) is 4.79 Å². The lowest BCUT2D eigenvalue weighted by molar-refractivity contribution is -0.136. The number of Topliss-reactive ketones (excluding diaryl/α,β-unsaturated/α-hetero) is 1.